The van der Waals surface area contributed by atoms with Crippen molar-refractivity contribution in [2.24, 2.45) is 5.92 Å². The zero-order chi connectivity index (χ0) is 24.4. The van der Waals surface area contributed by atoms with Gasteiger partial charge in [0.25, 0.3) is 0 Å². The molecule has 2 aromatic carbocycles. The standard InChI is InChI=1S/C25H29NO7S/c1-14(2)9-18(27)17-5-6-19-21(23(17)30-4)24(28)31-12-16-10-15(3)11-20(22(16)32-19)33-25(29)26-7-8-34-13-26/h5-6,10-11,14,18,27H,7-9,12-13H2,1-4H3/t18-/m0/s1. The van der Waals surface area contributed by atoms with Gasteiger partial charge in [0, 0.05) is 23.4 Å². The Hall–Kier alpha value is -2.91. The van der Waals surface area contributed by atoms with Crippen molar-refractivity contribution >= 4 is 23.8 Å². The zero-order valence-corrected chi connectivity index (χ0v) is 20.6. The molecule has 2 aliphatic heterocycles. The summed E-state index contributed by atoms with van der Waals surface area (Å²) in [4.78, 5) is 27.3. The number of hydrogen-bond acceptors (Lipinski definition) is 8. The van der Waals surface area contributed by atoms with Gasteiger partial charge < -0.3 is 24.1 Å². The number of nitrogens with zero attached hydrogens (tertiary/aromatic N) is 1. The predicted molar refractivity (Wildman–Crippen MR) is 128 cm³/mol. The van der Waals surface area contributed by atoms with Crippen LogP contribution in [0.5, 0.6) is 23.0 Å². The summed E-state index contributed by atoms with van der Waals surface area (Å²) in [5, 5.41) is 10.7. The van der Waals surface area contributed by atoms with E-state index in [4.69, 9.17) is 18.9 Å². The Morgan fingerprint density at radius 2 is 2.09 bits per heavy atom. The van der Waals surface area contributed by atoms with Crippen LogP contribution in [0.3, 0.4) is 0 Å². The predicted octanol–water partition coefficient (Wildman–Crippen LogP) is 5.05. The summed E-state index contributed by atoms with van der Waals surface area (Å²) in [6, 6.07) is 6.84. The first-order valence-electron chi connectivity index (χ1n) is 11.2. The van der Waals surface area contributed by atoms with E-state index in [0.29, 0.717) is 35.7 Å². The summed E-state index contributed by atoms with van der Waals surface area (Å²) < 4.78 is 23.0. The Morgan fingerprint density at radius 3 is 2.76 bits per heavy atom. The van der Waals surface area contributed by atoms with Gasteiger partial charge in [0.15, 0.2) is 11.5 Å². The second-order valence-corrected chi connectivity index (χ2v) is 9.88. The van der Waals surface area contributed by atoms with Gasteiger partial charge >= 0.3 is 12.1 Å². The summed E-state index contributed by atoms with van der Waals surface area (Å²) in [5.41, 5.74) is 1.99. The number of esters is 1. The maximum atomic E-state index is 13.0. The third-order valence-corrected chi connectivity index (χ3v) is 6.63. The third kappa shape index (κ3) is 4.95. The lowest BCUT2D eigenvalue weighted by molar-refractivity contribution is 0.0453. The monoisotopic (exact) mass is 487 g/mol. The van der Waals surface area contributed by atoms with E-state index in [0.717, 1.165) is 11.3 Å². The molecule has 34 heavy (non-hydrogen) atoms. The molecule has 1 N–H and O–H groups in total. The molecule has 0 bridgehead atoms. The maximum Gasteiger partial charge on any atom is 0.416 e. The number of amides is 1. The van der Waals surface area contributed by atoms with Gasteiger partial charge in [-0.3, -0.25) is 4.90 Å². The number of carbonyl (C=O) groups excluding carboxylic acids is 2. The van der Waals surface area contributed by atoms with Crippen LogP contribution in [0.25, 0.3) is 0 Å². The minimum absolute atomic E-state index is 0.0681. The Labute approximate surface area is 203 Å². The summed E-state index contributed by atoms with van der Waals surface area (Å²) in [5.74, 6) is 2.02. The lowest BCUT2D eigenvalue weighted by Gasteiger charge is -2.24. The summed E-state index contributed by atoms with van der Waals surface area (Å²) in [6.07, 6.45) is -0.768. The highest BCUT2D eigenvalue weighted by Gasteiger charge is 2.31. The van der Waals surface area contributed by atoms with Crippen molar-refractivity contribution in [3.63, 3.8) is 0 Å². The summed E-state index contributed by atoms with van der Waals surface area (Å²) >= 11 is 1.66. The van der Waals surface area contributed by atoms with Gasteiger partial charge in [0.2, 0.25) is 0 Å². The van der Waals surface area contributed by atoms with Gasteiger partial charge in [-0.15, -0.1) is 11.8 Å². The van der Waals surface area contributed by atoms with Gasteiger partial charge in [-0.1, -0.05) is 13.8 Å². The molecule has 9 heteroatoms. The van der Waals surface area contributed by atoms with Crippen molar-refractivity contribution in [1.82, 2.24) is 4.90 Å². The highest BCUT2D eigenvalue weighted by Crippen LogP contribution is 2.44. The topological polar surface area (TPSA) is 94.5 Å². The van der Waals surface area contributed by atoms with Crippen LogP contribution in [0.1, 0.15) is 53.4 Å². The van der Waals surface area contributed by atoms with Gasteiger partial charge in [-0.2, -0.15) is 0 Å². The van der Waals surface area contributed by atoms with E-state index in [9.17, 15) is 14.7 Å². The molecule has 0 aliphatic carbocycles. The van der Waals surface area contributed by atoms with Crippen molar-refractivity contribution < 1.29 is 33.6 Å². The van der Waals surface area contributed by atoms with Crippen molar-refractivity contribution in [2.45, 2.75) is 39.9 Å². The molecule has 0 unspecified atom stereocenters. The molecule has 2 aromatic rings. The fraction of sp³-hybridized carbons (Fsp3) is 0.440. The molecule has 2 aliphatic rings. The molecule has 0 saturated carbocycles. The van der Waals surface area contributed by atoms with E-state index < -0.39 is 18.2 Å². The van der Waals surface area contributed by atoms with Crippen molar-refractivity contribution in [1.29, 1.82) is 0 Å². The highest BCUT2D eigenvalue weighted by atomic mass is 32.2. The second kappa shape index (κ2) is 10.1. The van der Waals surface area contributed by atoms with Crippen LogP contribution in [-0.4, -0.2) is 47.4 Å². The van der Waals surface area contributed by atoms with E-state index >= 15 is 0 Å². The fourth-order valence-corrected chi connectivity index (χ4v) is 5.00. The average molecular weight is 488 g/mol. The number of cyclic esters (lactones) is 1. The molecule has 8 nitrogen and oxygen atoms in total. The average Bonchev–Trinajstić information content (AvgIpc) is 3.32. The Morgan fingerprint density at radius 1 is 1.29 bits per heavy atom. The lowest BCUT2D eigenvalue weighted by Crippen LogP contribution is -2.30. The number of aliphatic hydroxyl groups is 1. The zero-order valence-electron chi connectivity index (χ0n) is 19.8. The van der Waals surface area contributed by atoms with E-state index in [1.54, 1.807) is 34.9 Å². The van der Waals surface area contributed by atoms with Gasteiger partial charge in [-0.25, -0.2) is 9.59 Å². The number of aliphatic hydroxyl groups excluding tert-OH is 1. The highest BCUT2D eigenvalue weighted by molar-refractivity contribution is 7.99. The number of thioether (sulfide) groups is 1. The molecule has 182 valence electrons. The lowest BCUT2D eigenvalue weighted by atomic mass is 9.96. The molecular weight excluding hydrogens is 458 g/mol. The van der Waals surface area contributed by atoms with Crippen molar-refractivity contribution in [3.8, 4) is 23.0 Å². The molecule has 0 radical (unpaired) electrons. The Balaban J connectivity index is 1.75. The first-order valence-corrected chi connectivity index (χ1v) is 12.4. The normalized spacial score (nSPS) is 16.1. The summed E-state index contributed by atoms with van der Waals surface area (Å²) in [6.45, 7) is 6.43. The van der Waals surface area contributed by atoms with Gasteiger partial charge in [-0.05, 0) is 49.1 Å². The largest absolute Gasteiger partial charge is 0.495 e. The molecule has 0 spiro atoms. The first kappa shape index (κ1) is 24.2. The maximum absolute atomic E-state index is 13.0. The number of benzene rings is 2. The first-order chi connectivity index (χ1) is 16.3. The van der Waals surface area contributed by atoms with Crippen LogP contribution < -0.4 is 14.2 Å². The van der Waals surface area contributed by atoms with E-state index in [-0.39, 0.29) is 35.3 Å². The summed E-state index contributed by atoms with van der Waals surface area (Å²) in [7, 11) is 1.44. The van der Waals surface area contributed by atoms with Gasteiger partial charge in [0.05, 0.1) is 19.1 Å². The molecule has 0 aromatic heterocycles. The van der Waals surface area contributed by atoms with Crippen LogP contribution >= 0.6 is 11.8 Å². The fourth-order valence-electron chi connectivity index (χ4n) is 4.07. The number of fused-ring (bicyclic) bond motifs is 2. The van der Waals surface area contributed by atoms with E-state index in [1.165, 1.54) is 7.11 Å². The number of ether oxygens (including phenoxy) is 4. The molecule has 1 fully saturated rings. The number of hydrogen-bond donors (Lipinski definition) is 1. The van der Waals surface area contributed by atoms with Crippen LogP contribution in [0, 0.1) is 12.8 Å². The number of carbonyl (C=O) groups is 2. The van der Waals surface area contributed by atoms with Crippen LogP contribution in [-0.2, 0) is 11.3 Å². The number of methoxy groups -OCH3 is 1. The molecule has 4 rings (SSSR count). The van der Waals surface area contributed by atoms with E-state index in [1.807, 2.05) is 26.8 Å². The van der Waals surface area contributed by atoms with Gasteiger partial charge in [0.1, 0.15) is 23.7 Å². The molecular formula is C25H29NO7S. The molecule has 1 atom stereocenters. The molecule has 1 saturated heterocycles. The third-order valence-electron chi connectivity index (χ3n) is 5.67. The Bertz CT molecular complexity index is 1100. The van der Waals surface area contributed by atoms with E-state index in [2.05, 4.69) is 0 Å². The van der Waals surface area contributed by atoms with Crippen LogP contribution in [0.2, 0.25) is 0 Å². The second-order valence-electron chi connectivity index (χ2n) is 8.80. The minimum Gasteiger partial charge on any atom is -0.495 e. The molecule has 2 heterocycles. The smallest absolute Gasteiger partial charge is 0.416 e. The minimum atomic E-state index is -0.816. The van der Waals surface area contributed by atoms with Crippen LogP contribution in [0.4, 0.5) is 4.79 Å². The van der Waals surface area contributed by atoms with Crippen LogP contribution in [0.15, 0.2) is 24.3 Å². The number of rotatable bonds is 5. The van der Waals surface area contributed by atoms with Crippen molar-refractivity contribution in [3.05, 3.63) is 46.5 Å². The van der Waals surface area contributed by atoms with Crippen molar-refractivity contribution in [2.75, 3.05) is 25.3 Å². The molecule has 1 amide bonds. The SMILES string of the molecule is COc1c([C@@H](O)CC(C)C)ccc2c1C(=O)OCc1cc(C)cc(OC(=O)N3CCSC3)c1O2. The number of aryl methyl sites for hydroxylation is 1. The Kier molecular flexibility index (Phi) is 7.23. The quantitative estimate of drug-likeness (QED) is 0.586.